The van der Waals surface area contributed by atoms with E-state index in [1.807, 2.05) is 0 Å². The van der Waals surface area contributed by atoms with Crippen molar-refractivity contribution in [3.05, 3.63) is 24.0 Å². The maximum atomic E-state index is 12.8. The molecule has 0 amide bonds. The van der Waals surface area contributed by atoms with Gasteiger partial charge in [-0.3, -0.25) is 0 Å². The Kier molecular flexibility index (Phi) is 2.91. The minimum Gasteiger partial charge on any atom is -0.494 e. The molecule has 12 heavy (non-hydrogen) atoms. The molecule has 0 aromatic heterocycles. The molecule has 0 fully saturated rings. The number of thiocarbonyl (C=S) groups is 1. The molecular weight excluding hydrogens is 177 g/mol. The van der Waals surface area contributed by atoms with Crippen LogP contribution >= 0.6 is 12.2 Å². The maximum absolute atomic E-state index is 12.8. The molecule has 0 atom stereocenters. The predicted molar refractivity (Wildman–Crippen MR) is 47.6 cm³/mol. The molecule has 1 aromatic carbocycles. The van der Waals surface area contributed by atoms with Gasteiger partial charge in [0.25, 0.3) is 0 Å². The van der Waals surface area contributed by atoms with Crippen LogP contribution in [0.2, 0.25) is 0 Å². The van der Waals surface area contributed by atoms with Crippen molar-refractivity contribution in [1.82, 2.24) is 0 Å². The number of rotatable bonds is 2. The van der Waals surface area contributed by atoms with Gasteiger partial charge in [-0.15, -0.1) is 0 Å². The SMILES string of the molecule is COc1cc(N=C=S)ccc1F. The van der Waals surface area contributed by atoms with Crippen LogP contribution in [0.15, 0.2) is 23.2 Å². The molecule has 62 valence electrons. The van der Waals surface area contributed by atoms with Crippen LogP contribution in [0.3, 0.4) is 0 Å². The van der Waals surface area contributed by atoms with Gasteiger partial charge in [-0.05, 0) is 24.4 Å². The fourth-order valence-corrected chi connectivity index (χ4v) is 0.876. The molecule has 2 nitrogen and oxygen atoms in total. The van der Waals surface area contributed by atoms with Crippen LogP contribution in [0.1, 0.15) is 0 Å². The molecule has 0 unspecified atom stereocenters. The van der Waals surface area contributed by atoms with Crippen LogP contribution in [0.5, 0.6) is 5.75 Å². The Bertz CT molecular complexity index is 334. The Labute approximate surface area is 74.7 Å². The maximum Gasteiger partial charge on any atom is 0.165 e. The van der Waals surface area contributed by atoms with Gasteiger partial charge in [-0.1, -0.05) is 0 Å². The number of isothiocyanates is 1. The highest BCUT2D eigenvalue weighted by atomic mass is 32.1. The largest absolute Gasteiger partial charge is 0.494 e. The van der Waals surface area contributed by atoms with Crippen LogP contribution in [0.25, 0.3) is 0 Å². The van der Waals surface area contributed by atoms with Gasteiger partial charge in [0, 0.05) is 6.07 Å². The van der Waals surface area contributed by atoms with E-state index in [9.17, 15) is 4.39 Å². The Hall–Kier alpha value is -1.25. The molecule has 0 saturated carbocycles. The first-order chi connectivity index (χ1) is 5.77. The molecule has 0 spiro atoms. The highest BCUT2D eigenvalue weighted by Crippen LogP contribution is 2.22. The van der Waals surface area contributed by atoms with E-state index in [4.69, 9.17) is 4.74 Å². The second-order valence-electron chi connectivity index (χ2n) is 2.02. The van der Waals surface area contributed by atoms with Crippen molar-refractivity contribution in [3.8, 4) is 5.75 Å². The summed E-state index contributed by atoms with van der Waals surface area (Å²) in [6.45, 7) is 0. The minimum atomic E-state index is -0.416. The molecule has 0 aliphatic heterocycles. The van der Waals surface area contributed by atoms with Crippen molar-refractivity contribution in [3.63, 3.8) is 0 Å². The molecule has 0 radical (unpaired) electrons. The van der Waals surface area contributed by atoms with E-state index in [-0.39, 0.29) is 5.75 Å². The Morgan fingerprint density at radius 3 is 2.92 bits per heavy atom. The lowest BCUT2D eigenvalue weighted by Gasteiger charge is -2.00. The quantitative estimate of drug-likeness (QED) is 0.519. The fraction of sp³-hybridized carbons (Fsp3) is 0.125. The summed E-state index contributed by atoms with van der Waals surface area (Å²) in [6, 6.07) is 4.22. The molecule has 1 rings (SSSR count). The average molecular weight is 183 g/mol. The zero-order valence-electron chi connectivity index (χ0n) is 6.37. The normalized spacial score (nSPS) is 8.83. The second kappa shape index (κ2) is 3.95. The summed E-state index contributed by atoms with van der Waals surface area (Å²) in [5.41, 5.74) is 0.531. The van der Waals surface area contributed by atoms with Crippen LogP contribution in [0, 0.1) is 5.82 Å². The monoisotopic (exact) mass is 183 g/mol. The number of hydrogen-bond acceptors (Lipinski definition) is 3. The smallest absolute Gasteiger partial charge is 0.165 e. The van der Waals surface area contributed by atoms with Gasteiger partial charge in [0.05, 0.1) is 18.0 Å². The molecule has 4 heteroatoms. The van der Waals surface area contributed by atoms with Crippen molar-refractivity contribution in [2.75, 3.05) is 7.11 Å². The zero-order chi connectivity index (χ0) is 8.97. The summed E-state index contributed by atoms with van der Waals surface area (Å²) in [5.74, 6) is -0.262. The van der Waals surface area contributed by atoms with E-state index in [1.165, 1.54) is 25.3 Å². The van der Waals surface area contributed by atoms with Crippen LogP contribution < -0.4 is 4.74 Å². The predicted octanol–water partition coefficient (Wildman–Crippen LogP) is 2.57. The standard InChI is InChI=1S/C8H6FNOS/c1-11-8-4-6(10-5-12)2-3-7(8)9/h2-4H,1H3. The topological polar surface area (TPSA) is 21.6 Å². The summed E-state index contributed by atoms with van der Waals surface area (Å²) in [4.78, 5) is 3.67. The third kappa shape index (κ3) is 1.87. The van der Waals surface area contributed by atoms with E-state index in [1.54, 1.807) is 0 Å². The Morgan fingerprint density at radius 1 is 1.58 bits per heavy atom. The summed E-state index contributed by atoms with van der Waals surface area (Å²) in [6.07, 6.45) is 0. The van der Waals surface area contributed by atoms with Crippen molar-refractivity contribution in [2.45, 2.75) is 0 Å². The molecule has 0 heterocycles. The number of hydrogen-bond donors (Lipinski definition) is 0. The number of ether oxygens (including phenoxy) is 1. The average Bonchev–Trinajstić information content (AvgIpc) is 2.09. The second-order valence-corrected chi connectivity index (χ2v) is 2.20. The molecule has 1 aromatic rings. The number of methoxy groups -OCH3 is 1. The third-order valence-corrected chi connectivity index (χ3v) is 1.40. The molecule has 0 saturated heterocycles. The van der Waals surface area contributed by atoms with Crippen molar-refractivity contribution in [2.24, 2.45) is 4.99 Å². The lowest BCUT2D eigenvalue weighted by molar-refractivity contribution is 0.387. The number of benzene rings is 1. The van der Waals surface area contributed by atoms with Gasteiger partial charge in [0.15, 0.2) is 11.6 Å². The summed E-state index contributed by atoms with van der Waals surface area (Å²) < 4.78 is 17.5. The first kappa shape index (κ1) is 8.84. The molecular formula is C8H6FNOS. The zero-order valence-corrected chi connectivity index (χ0v) is 7.19. The van der Waals surface area contributed by atoms with Gasteiger partial charge in [-0.2, -0.15) is 4.99 Å². The Balaban J connectivity index is 3.13. The van der Waals surface area contributed by atoms with Gasteiger partial charge in [0.1, 0.15) is 0 Å². The number of aliphatic imine (C=N–C) groups is 1. The van der Waals surface area contributed by atoms with Gasteiger partial charge in [0.2, 0.25) is 0 Å². The van der Waals surface area contributed by atoms with Gasteiger partial charge >= 0.3 is 0 Å². The van der Waals surface area contributed by atoms with Crippen molar-refractivity contribution < 1.29 is 9.13 Å². The van der Waals surface area contributed by atoms with Crippen LogP contribution in [0.4, 0.5) is 10.1 Å². The minimum absolute atomic E-state index is 0.154. The van der Waals surface area contributed by atoms with Crippen LogP contribution in [-0.2, 0) is 0 Å². The number of halogens is 1. The summed E-state index contributed by atoms with van der Waals surface area (Å²) >= 11 is 4.40. The first-order valence-electron chi connectivity index (χ1n) is 3.19. The third-order valence-electron chi connectivity index (χ3n) is 1.31. The lowest BCUT2D eigenvalue weighted by Crippen LogP contribution is -1.86. The van der Waals surface area contributed by atoms with Crippen molar-refractivity contribution >= 4 is 23.1 Å². The van der Waals surface area contributed by atoms with Gasteiger partial charge < -0.3 is 4.74 Å². The molecule has 0 N–H and O–H groups in total. The molecule has 0 aliphatic rings. The highest BCUT2D eigenvalue weighted by Gasteiger charge is 2.01. The lowest BCUT2D eigenvalue weighted by atomic mass is 10.3. The summed E-state index contributed by atoms with van der Waals surface area (Å²) in [5, 5.41) is 2.19. The number of nitrogens with zero attached hydrogens (tertiary/aromatic N) is 1. The fourth-order valence-electron chi connectivity index (χ4n) is 0.771. The van der Waals surface area contributed by atoms with E-state index >= 15 is 0 Å². The van der Waals surface area contributed by atoms with E-state index in [0.717, 1.165) is 0 Å². The van der Waals surface area contributed by atoms with E-state index in [2.05, 4.69) is 22.4 Å². The van der Waals surface area contributed by atoms with Crippen molar-refractivity contribution in [1.29, 1.82) is 0 Å². The summed E-state index contributed by atoms with van der Waals surface area (Å²) in [7, 11) is 1.39. The molecule has 0 bridgehead atoms. The molecule has 0 aliphatic carbocycles. The van der Waals surface area contributed by atoms with Crippen LogP contribution in [-0.4, -0.2) is 12.3 Å². The van der Waals surface area contributed by atoms with Gasteiger partial charge in [-0.25, -0.2) is 4.39 Å². The Morgan fingerprint density at radius 2 is 2.33 bits per heavy atom. The van der Waals surface area contributed by atoms with E-state index in [0.29, 0.717) is 5.69 Å². The highest BCUT2D eigenvalue weighted by molar-refractivity contribution is 7.78. The first-order valence-corrected chi connectivity index (χ1v) is 3.60. The van der Waals surface area contributed by atoms with E-state index < -0.39 is 5.82 Å².